The van der Waals surface area contributed by atoms with Gasteiger partial charge in [-0.15, -0.1) is 0 Å². The summed E-state index contributed by atoms with van der Waals surface area (Å²) in [5.41, 5.74) is 2.28. The number of benzene rings is 2. The zero-order chi connectivity index (χ0) is 22.8. The van der Waals surface area contributed by atoms with Crippen LogP contribution in [0.15, 0.2) is 75.7 Å². The largest absolute Gasteiger partial charge is 0.466 e. The van der Waals surface area contributed by atoms with Crippen LogP contribution in [0.4, 0.5) is 0 Å². The SMILES string of the molecule is COC(=O)C1=C(C)N=c2s/c(=C\c3ccc(Cl)c(Cl)c3)c(=O)n2[C@@H]1/C=C/c1ccccc1. The molecule has 0 unspecified atom stereocenters. The number of fused-ring (bicyclic) bond motifs is 1. The number of carbonyl (C=O) groups excluding carboxylic acids is 1. The summed E-state index contributed by atoms with van der Waals surface area (Å²) in [6, 6.07) is 14.2. The molecule has 8 heteroatoms. The van der Waals surface area contributed by atoms with E-state index < -0.39 is 12.0 Å². The summed E-state index contributed by atoms with van der Waals surface area (Å²) in [7, 11) is 1.32. The average Bonchev–Trinajstić information content (AvgIpc) is 3.09. The van der Waals surface area contributed by atoms with E-state index in [0.29, 0.717) is 30.6 Å². The summed E-state index contributed by atoms with van der Waals surface area (Å²) in [6.07, 6.45) is 5.43. The lowest BCUT2D eigenvalue weighted by molar-refractivity contribution is -0.136. The molecule has 1 aromatic heterocycles. The standard InChI is InChI=1S/C24H18Cl2N2O3S/c1-14-21(23(30)31-2)19(11-9-15-6-4-3-5-7-15)28-22(29)20(32-24(28)27-14)13-16-8-10-17(25)18(26)12-16/h3-13,19H,1-2H3/b11-9+,20-13-/t19-/m1/s1. The van der Waals surface area contributed by atoms with Crippen LogP contribution in [0, 0.1) is 0 Å². The number of thiazole rings is 1. The molecule has 0 radical (unpaired) electrons. The highest BCUT2D eigenvalue weighted by molar-refractivity contribution is 7.07. The van der Waals surface area contributed by atoms with Crippen molar-refractivity contribution in [1.82, 2.24) is 4.57 Å². The molecule has 0 saturated carbocycles. The zero-order valence-corrected chi connectivity index (χ0v) is 19.5. The van der Waals surface area contributed by atoms with Gasteiger partial charge in [-0.3, -0.25) is 9.36 Å². The molecule has 4 rings (SSSR count). The maximum Gasteiger partial charge on any atom is 0.338 e. The van der Waals surface area contributed by atoms with Crippen molar-refractivity contribution in [3.63, 3.8) is 0 Å². The predicted molar refractivity (Wildman–Crippen MR) is 129 cm³/mol. The smallest absolute Gasteiger partial charge is 0.338 e. The van der Waals surface area contributed by atoms with Gasteiger partial charge in [0.15, 0.2) is 4.80 Å². The van der Waals surface area contributed by atoms with E-state index >= 15 is 0 Å². The molecule has 0 spiro atoms. The van der Waals surface area contributed by atoms with Gasteiger partial charge in [0.2, 0.25) is 0 Å². The Morgan fingerprint density at radius 2 is 1.88 bits per heavy atom. The molecule has 0 fully saturated rings. The van der Waals surface area contributed by atoms with Crippen molar-refractivity contribution in [3.8, 4) is 0 Å². The number of rotatable bonds is 4. The van der Waals surface area contributed by atoms with Gasteiger partial charge in [-0.1, -0.05) is 83.1 Å². The highest BCUT2D eigenvalue weighted by atomic mass is 35.5. The molecule has 32 heavy (non-hydrogen) atoms. The normalized spacial score (nSPS) is 16.2. The number of aromatic nitrogens is 1. The van der Waals surface area contributed by atoms with Gasteiger partial charge in [0.25, 0.3) is 5.56 Å². The first-order valence-corrected chi connectivity index (χ1v) is 11.3. The molecule has 0 bridgehead atoms. The Morgan fingerprint density at radius 1 is 1.12 bits per heavy atom. The van der Waals surface area contributed by atoms with Crippen LogP contribution in [0.25, 0.3) is 12.2 Å². The van der Waals surface area contributed by atoms with Gasteiger partial charge in [-0.05, 0) is 36.3 Å². The van der Waals surface area contributed by atoms with E-state index in [9.17, 15) is 9.59 Å². The maximum absolute atomic E-state index is 13.4. The lowest BCUT2D eigenvalue weighted by Crippen LogP contribution is -2.38. The number of ether oxygens (including phenoxy) is 1. The van der Waals surface area contributed by atoms with Gasteiger partial charge >= 0.3 is 5.97 Å². The quantitative estimate of drug-likeness (QED) is 0.516. The Morgan fingerprint density at radius 3 is 2.56 bits per heavy atom. The van der Waals surface area contributed by atoms with Crippen LogP contribution < -0.4 is 14.9 Å². The van der Waals surface area contributed by atoms with E-state index in [0.717, 1.165) is 11.1 Å². The van der Waals surface area contributed by atoms with Gasteiger partial charge in [-0.2, -0.15) is 0 Å². The fraction of sp³-hybridized carbons (Fsp3) is 0.125. The van der Waals surface area contributed by atoms with Crippen LogP contribution >= 0.6 is 34.5 Å². The molecule has 0 aliphatic carbocycles. The fourth-order valence-corrected chi connectivity index (χ4v) is 4.80. The van der Waals surface area contributed by atoms with Crippen molar-refractivity contribution in [1.29, 1.82) is 0 Å². The first-order chi connectivity index (χ1) is 15.4. The van der Waals surface area contributed by atoms with Gasteiger partial charge in [0.05, 0.1) is 39.0 Å². The van der Waals surface area contributed by atoms with Gasteiger partial charge < -0.3 is 4.74 Å². The zero-order valence-electron chi connectivity index (χ0n) is 17.2. The van der Waals surface area contributed by atoms with Crippen LogP contribution in [0.2, 0.25) is 10.0 Å². The second-order valence-corrected chi connectivity index (χ2v) is 8.88. The summed E-state index contributed by atoms with van der Waals surface area (Å²) in [6.45, 7) is 1.74. The van der Waals surface area contributed by atoms with Crippen molar-refractivity contribution < 1.29 is 9.53 Å². The summed E-state index contributed by atoms with van der Waals surface area (Å²) < 4.78 is 6.98. The van der Waals surface area contributed by atoms with Gasteiger partial charge in [0.1, 0.15) is 0 Å². The number of carbonyl (C=O) groups is 1. The molecule has 0 saturated heterocycles. The van der Waals surface area contributed by atoms with Crippen LogP contribution in [-0.4, -0.2) is 17.6 Å². The summed E-state index contributed by atoms with van der Waals surface area (Å²) in [5.74, 6) is -0.521. The minimum Gasteiger partial charge on any atom is -0.466 e. The van der Waals surface area contributed by atoms with Crippen molar-refractivity contribution >= 4 is 52.7 Å². The molecule has 2 aromatic carbocycles. The molecular formula is C24H18Cl2N2O3S. The van der Waals surface area contributed by atoms with E-state index in [1.807, 2.05) is 42.5 Å². The summed E-state index contributed by atoms with van der Waals surface area (Å²) >= 11 is 13.4. The molecule has 1 atom stereocenters. The average molecular weight is 485 g/mol. The van der Waals surface area contributed by atoms with Crippen molar-refractivity contribution in [2.24, 2.45) is 4.99 Å². The van der Waals surface area contributed by atoms with E-state index in [1.165, 1.54) is 23.0 Å². The van der Waals surface area contributed by atoms with E-state index in [2.05, 4.69) is 4.99 Å². The van der Waals surface area contributed by atoms with Crippen LogP contribution in [0.1, 0.15) is 24.1 Å². The van der Waals surface area contributed by atoms with E-state index in [1.54, 1.807) is 31.2 Å². The fourth-order valence-electron chi connectivity index (χ4n) is 3.44. The van der Waals surface area contributed by atoms with Crippen molar-refractivity contribution in [3.05, 3.63) is 107 Å². The van der Waals surface area contributed by atoms with Crippen LogP contribution in [0.5, 0.6) is 0 Å². The third kappa shape index (κ3) is 4.35. The highest BCUT2D eigenvalue weighted by Crippen LogP contribution is 2.26. The van der Waals surface area contributed by atoms with Crippen LogP contribution in [-0.2, 0) is 9.53 Å². The molecule has 162 valence electrons. The molecule has 3 aromatic rings. The Bertz CT molecular complexity index is 1440. The number of esters is 1. The number of nitrogens with zero attached hydrogens (tertiary/aromatic N) is 2. The molecule has 1 aliphatic heterocycles. The first-order valence-electron chi connectivity index (χ1n) is 9.68. The number of halogens is 2. The Balaban J connectivity index is 1.88. The first kappa shape index (κ1) is 22.3. The number of hydrogen-bond donors (Lipinski definition) is 0. The molecule has 0 N–H and O–H groups in total. The topological polar surface area (TPSA) is 60.7 Å². The Hall–Kier alpha value is -2.93. The Labute approximate surface area is 198 Å². The summed E-state index contributed by atoms with van der Waals surface area (Å²) in [4.78, 5) is 31.0. The van der Waals surface area contributed by atoms with E-state index in [4.69, 9.17) is 27.9 Å². The second-order valence-electron chi connectivity index (χ2n) is 7.06. The highest BCUT2D eigenvalue weighted by Gasteiger charge is 2.30. The monoisotopic (exact) mass is 484 g/mol. The summed E-state index contributed by atoms with van der Waals surface area (Å²) in [5, 5.41) is 0.843. The lowest BCUT2D eigenvalue weighted by atomic mass is 10.0. The third-order valence-electron chi connectivity index (χ3n) is 4.98. The second kappa shape index (κ2) is 9.28. The molecule has 0 amide bonds. The van der Waals surface area contributed by atoms with Crippen molar-refractivity contribution in [2.45, 2.75) is 13.0 Å². The molecule has 1 aliphatic rings. The Kier molecular flexibility index (Phi) is 6.46. The maximum atomic E-state index is 13.4. The lowest BCUT2D eigenvalue weighted by Gasteiger charge is -2.21. The van der Waals surface area contributed by atoms with Crippen LogP contribution in [0.3, 0.4) is 0 Å². The van der Waals surface area contributed by atoms with Gasteiger partial charge in [0, 0.05) is 0 Å². The van der Waals surface area contributed by atoms with Gasteiger partial charge in [-0.25, -0.2) is 9.79 Å². The minimum atomic E-state index is -0.644. The molecule has 5 nitrogen and oxygen atoms in total. The van der Waals surface area contributed by atoms with Crippen molar-refractivity contribution in [2.75, 3.05) is 7.11 Å². The molecular weight excluding hydrogens is 467 g/mol. The number of methoxy groups -OCH3 is 1. The number of allylic oxidation sites excluding steroid dienone is 2. The predicted octanol–water partition coefficient (Wildman–Crippen LogP) is 4.38. The number of hydrogen-bond acceptors (Lipinski definition) is 5. The molecule has 2 heterocycles. The van der Waals surface area contributed by atoms with E-state index in [-0.39, 0.29) is 5.56 Å². The minimum absolute atomic E-state index is 0.253. The third-order valence-corrected chi connectivity index (χ3v) is 6.70.